The molecule has 2 aliphatic heterocycles. The summed E-state index contributed by atoms with van der Waals surface area (Å²) in [6.07, 6.45) is 13.8. The molecule has 3 aliphatic rings. The topological polar surface area (TPSA) is 69.3 Å². The molecule has 2 saturated heterocycles. The summed E-state index contributed by atoms with van der Waals surface area (Å²) in [6, 6.07) is 0. The van der Waals surface area contributed by atoms with Gasteiger partial charge < -0.3 is 14.8 Å². The third-order valence-electron chi connectivity index (χ3n) is 6.91. The van der Waals surface area contributed by atoms with Crippen molar-refractivity contribution < 1.29 is 9.59 Å². The predicted molar refractivity (Wildman–Crippen MR) is 103 cm³/mol. The molecular formula is C21H32N4O2. The first-order chi connectivity index (χ1) is 13.1. The van der Waals surface area contributed by atoms with Crippen molar-refractivity contribution in [2.24, 2.45) is 11.3 Å². The Balaban J connectivity index is 1.35. The highest BCUT2D eigenvalue weighted by Crippen LogP contribution is 2.39. The Morgan fingerprint density at radius 3 is 2.85 bits per heavy atom. The maximum atomic E-state index is 12.8. The van der Waals surface area contributed by atoms with Crippen LogP contribution in [0.25, 0.3) is 0 Å². The molecule has 6 heteroatoms. The predicted octanol–water partition coefficient (Wildman–Crippen LogP) is 2.76. The van der Waals surface area contributed by atoms with E-state index in [1.807, 2.05) is 11.1 Å². The Labute approximate surface area is 161 Å². The molecule has 148 valence electrons. The minimum Gasteiger partial charge on any atom is -0.348 e. The molecule has 2 amide bonds. The van der Waals surface area contributed by atoms with Gasteiger partial charge in [0.1, 0.15) is 0 Å². The summed E-state index contributed by atoms with van der Waals surface area (Å²) in [7, 11) is 0. The fourth-order valence-corrected chi connectivity index (χ4v) is 5.33. The Bertz CT molecular complexity index is 653. The van der Waals surface area contributed by atoms with E-state index in [-0.39, 0.29) is 11.3 Å². The Hall–Kier alpha value is -1.85. The van der Waals surface area contributed by atoms with E-state index in [1.54, 1.807) is 6.33 Å². The van der Waals surface area contributed by atoms with E-state index >= 15 is 0 Å². The number of likely N-dealkylation sites (tertiary alicyclic amines) is 2. The number of rotatable bonds is 5. The van der Waals surface area contributed by atoms with Gasteiger partial charge in [0.25, 0.3) is 0 Å². The number of hydrogen-bond donors (Lipinski definition) is 1. The standard InChI is InChI=1S/C21H32N4O2/c26-19-6-9-21(15-25(19)11-7-18-13-22-16-23-18)8-3-10-24(14-21)20(27)12-17-4-1-2-5-17/h13,16-17H,1-12,14-15H2,(H,22,23)/t21-/m0/s1. The van der Waals surface area contributed by atoms with Crippen molar-refractivity contribution in [3.8, 4) is 0 Å². The fourth-order valence-electron chi connectivity index (χ4n) is 5.33. The minimum absolute atomic E-state index is 0.103. The molecule has 0 unspecified atom stereocenters. The number of hydrogen-bond acceptors (Lipinski definition) is 3. The van der Waals surface area contributed by atoms with Gasteiger partial charge in [-0.2, -0.15) is 0 Å². The Morgan fingerprint density at radius 1 is 1.22 bits per heavy atom. The molecule has 1 N–H and O–H groups in total. The van der Waals surface area contributed by atoms with E-state index in [1.165, 1.54) is 25.7 Å². The molecule has 3 heterocycles. The zero-order valence-electron chi connectivity index (χ0n) is 16.3. The quantitative estimate of drug-likeness (QED) is 0.864. The van der Waals surface area contributed by atoms with E-state index in [0.717, 1.165) is 64.0 Å². The number of H-pyrrole nitrogens is 1. The summed E-state index contributed by atoms with van der Waals surface area (Å²) in [5.74, 6) is 1.21. The number of aromatic amines is 1. The summed E-state index contributed by atoms with van der Waals surface area (Å²) in [4.78, 5) is 36.6. The van der Waals surface area contributed by atoms with Crippen molar-refractivity contribution >= 4 is 11.8 Å². The molecule has 1 aliphatic carbocycles. The molecule has 1 aromatic rings. The lowest BCUT2D eigenvalue weighted by molar-refractivity contribution is -0.143. The normalized spacial score (nSPS) is 26.9. The summed E-state index contributed by atoms with van der Waals surface area (Å²) in [6.45, 7) is 3.27. The van der Waals surface area contributed by atoms with Crippen molar-refractivity contribution in [1.29, 1.82) is 0 Å². The number of amides is 2. The maximum absolute atomic E-state index is 12.8. The summed E-state index contributed by atoms with van der Waals surface area (Å²) in [5.41, 5.74) is 1.17. The molecule has 3 fully saturated rings. The van der Waals surface area contributed by atoms with E-state index in [2.05, 4.69) is 14.9 Å². The second-order valence-electron chi connectivity index (χ2n) is 8.92. The monoisotopic (exact) mass is 372 g/mol. The van der Waals surface area contributed by atoms with Gasteiger partial charge in [0, 0.05) is 62.7 Å². The first-order valence-corrected chi connectivity index (χ1v) is 10.7. The van der Waals surface area contributed by atoms with Crippen LogP contribution in [0.5, 0.6) is 0 Å². The Morgan fingerprint density at radius 2 is 2.07 bits per heavy atom. The van der Waals surface area contributed by atoms with E-state index in [0.29, 0.717) is 18.2 Å². The molecule has 4 rings (SSSR count). The van der Waals surface area contributed by atoms with Gasteiger partial charge in [-0.3, -0.25) is 9.59 Å². The lowest BCUT2D eigenvalue weighted by atomic mass is 9.73. The van der Waals surface area contributed by atoms with Gasteiger partial charge in [-0.25, -0.2) is 4.98 Å². The zero-order valence-corrected chi connectivity index (χ0v) is 16.3. The highest BCUT2D eigenvalue weighted by Gasteiger charge is 2.42. The third-order valence-corrected chi connectivity index (χ3v) is 6.91. The molecule has 0 bridgehead atoms. The fraction of sp³-hybridized carbons (Fsp3) is 0.762. The molecule has 0 aromatic carbocycles. The van der Waals surface area contributed by atoms with Crippen LogP contribution < -0.4 is 0 Å². The maximum Gasteiger partial charge on any atom is 0.222 e. The first-order valence-electron chi connectivity index (χ1n) is 10.7. The van der Waals surface area contributed by atoms with Gasteiger partial charge in [0.05, 0.1) is 6.33 Å². The van der Waals surface area contributed by atoms with E-state index < -0.39 is 0 Å². The smallest absolute Gasteiger partial charge is 0.222 e. The number of nitrogens with zero attached hydrogens (tertiary/aromatic N) is 3. The van der Waals surface area contributed by atoms with Crippen LogP contribution in [0.2, 0.25) is 0 Å². The van der Waals surface area contributed by atoms with Crippen molar-refractivity contribution in [3.63, 3.8) is 0 Å². The number of imidazole rings is 1. The van der Waals surface area contributed by atoms with Crippen LogP contribution in [-0.2, 0) is 16.0 Å². The SMILES string of the molecule is O=C1CC[C@]2(CCCN(C(=O)CC3CCCC3)C2)CN1CCc1cnc[nH]1. The molecule has 6 nitrogen and oxygen atoms in total. The molecular weight excluding hydrogens is 340 g/mol. The van der Waals surface area contributed by atoms with E-state index in [4.69, 9.17) is 0 Å². The molecule has 1 spiro atoms. The minimum atomic E-state index is 0.103. The van der Waals surface area contributed by atoms with Gasteiger partial charge in [-0.1, -0.05) is 12.8 Å². The molecule has 0 radical (unpaired) electrons. The van der Waals surface area contributed by atoms with Crippen LogP contribution in [0.4, 0.5) is 0 Å². The highest BCUT2D eigenvalue weighted by molar-refractivity contribution is 5.78. The molecule has 27 heavy (non-hydrogen) atoms. The zero-order chi connectivity index (χ0) is 18.7. The average Bonchev–Trinajstić information content (AvgIpc) is 3.37. The summed E-state index contributed by atoms with van der Waals surface area (Å²) < 4.78 is 0. The van der Waals surface area contributed by atoms with Crippen LogP contribution in [0.15, 0.2) is 12.5 Å². The van der Waals surface area contributed by atoms with Gasteiger partial charge in [-0.05, 0) is 38.0 Å². The highest BCUT2D eigenvalue weighted by atomic mass is 16.2. The molecule has 1 atom stereocenters. The largest absolute Gasteiger partial charge is 0.348 e. The molecule has 1 saturated carbocycles. The van der Waals surface area contributed by atoms with Crippen LogP contribution >= 0.6 is 0 Å². The van der Waals surface area contributed by atoms with Gasteiger partial charge >= 0.3 is 0 Å². The first kappa shape index (κ1) is 18.5. The van der Waals surface area contributed by atoms with Crippen molar-refractivity contribution in [2.45, 2.75) is 64.2 Å². The number of piperidine rings is 2. The third kappa shape index (κ3) is 4.36. The van der Waals surface area contributed by atoms with Crippen molar-refractivity contribution in [2.75, 3.05) is 26.2 Å². The van der Waals surface area contributed by atoms with Gasteiger partial charge in [-0.15, -0.1) is 0 Å². The lowest BCUT2D eigenvalue weighted by Crippen LogP contribution is -2.55. The van der Waals surface area contributed by atoms with Gasteiger partial charge in [0.15, 0.2) is 0 Å². The summed E-state index contributed by atoms with van der Waals surface area (Å²) in [5, 5.41) is 0. The van der Waals surface area contributed by atoms with Gasteiger partial charge in [0.2, 0.25) is 11.8 Å². The second-order valence-corrected chi connectivity index (χ2v) is 8.92. The lowest BCUT2D eigenvalue weighted by Gasteiger charge is -2.48. The van der Waals surface area contributed by atoms with Crippen LogP contribution in [0, 0.1) is 11.3 Å². The number of aromatic nitrogens is 2. The number of carbonyl (C=O) groups is 2. The number of carbonyl (C=O) groups excluding carboxylic acids is 2. The summed E-state index contributed by atoms with van der Waals surface area (Å²) >= 11 is 0. The van der Waals surface area contributed by atoms with E-state index in [9.17, 15) is 9.59 Å². The van der Waals surface area contributed by atoms with Crippen molar-refractivity contribution in [1.82, 2.24) is 19.8 Å². The van der Waals surface area contributed by atoms with Crippen LogP contribution in [-0.4, -0.2) is 57.8 Å². The average molecular weight is 373 g/mol. The van der Waals surface area contributed by atoms with Crippen LogP contribution in [0.3, 0.4) is 0 Å². The van der Waals surface area contributed by atoms with Crippen LogP contribution in [0.1, 0.15) is 63.5 Å². The Kier molecular flexibility index (Phi) is 5.50. The molecule has 1 aromatic heterocycles. The second kappa shape index (κ2) is 8.03. The van der Waals surface area contributed by atoms with Crippen molar-refractivity contribution in [3.05, 3.63) is 18.2 Å². The number of nitrogens with one attached hydrogen (secondary N) is 1.